The highest BCUT2D eigenvalue weighted by atomic mass is 32.2. The first-order valence-electron chi connectivity index (χ1n) is 8.14. The number of hydrogen-bond donors (Lipinski definition) is 1. The summed E-state index contributed by atoms with van der Waals surface area (Å²) in [7, 11) is -3.62. The molecule has 0 radical (unpaired) electrons. The summed E-state index contributed by atoms with van der Waals surface area (Å²) in [4.78, 5) is 20.0. The number of benzene rings is 2. The molecule has 0 aliphatic rings. The van der Waals surface area contributed by atoms with E-state index in [9.17, 15) is 17.6 Å². The lowest BCUT2D eigenvalue weighted by Gasteiger charge is -2.10. The molecule has 0 unspecified atom stereocenters. The zero-order valence-electron chi connectivity index (χ0n) is 14.8. The van der Waals surface area contributed by atoms with Gasteiger partial charge in [-0.25, -0.2) is 22.8 Å². The number of carbonyl (C=O) groups excluding carboxylic acids is 1. The molecule has 2 aromatic carbocycles. The number of sulfone groups is 1. The molecule has 144 valence electrons. The molecule has 1 heterocycles. The fraction of sp³-hybridized carbons (Fsp3) is 0.105. The Bertz CT molecular complexity index is 1090. The van der Waals surface area contributed by atoms with Crippen molar-refractivity contribution in [1.29, 1.82) is 0 Å². The Labute approximate surface area is 161 Å². The van der Waals surface area contributed by atoms with Crippen LogP contribution < -0.4 is 10.1 Å². The van der Waals surface area contributed by atoms with Crippen LogP contribution in [0, 0.1) is 5.82 Å². The van der Waals surface area contributed by atoms with E-state index in [-0.39, 0.29) is 17.5 Å². The van der Waals surface area contributed by atoms with Crippen LogP contribution in [0.2, 0.25) is 0 Å². The second-order valence-electron chi connectivity index (χ2n) is 5.86. The van der Waals surface area contributed by atoms with Crippen LogP contribution in [0.5, 0.6) is 11.8 Å². The second kappa shape index (κ2) is 8.13. The predicted octanol–water partition coefficient (Wildman–Crippen LogP) is 2.74. The molecular formula is C19H16FN3O4S. The van der Waals surface area contributed by atoms with E-state index in [1.54, 1.807) is 42.7 Å². The van der Waals surface area contributed by atoms with Crippen molar-refractivity contribution >= 4 is 15.7 Å². The Morgan fingerprint density at radius 1 is 1.11 bits per heavy atom. The number of rotatable bonds is 6. The first kappa shape index (κ1) is 19.4. The molecule has 1 aromatic heterocycles. The topological polar surface area (TPSA) is 98.2 Å². The predicted molar refractivity (Wildman–Crippen MR) is 99.2 cm³/mol. The van der Waals surface area contributed by atoms with Crippen molar-refractivity contribution in [2.24, 2.45) is 0 Å². The monoisotopic (exact) mass is 401 g/mol. The van der Waals surface area contributed by atoms with Gasteiger partial charge in [-0.3, -0.25) is 4.79 Å². The van der Waals surface area contributed by atoms with Crippen LogP contribution in [0.15, 0.2) is 65.8 Å². The lowest BCUT2D eigenvalue weighted by molar-refractivity contribution is 0.0950. The molecule has 0 atom stereocenters. The first-order valence-corrected chi connectivity index (χ1v) is 10.0. The number of hydrogen-bond acceptors (Lipinski definition) is 6. The zero-order valence-corrected chi connectivity index (χ0v) is 15.6. The van der Waals surface area contributed by atoms with E-state index in [2.05, 4.69) is 15.3 Å². The molecule has 0 bridgehead atoms. The average molecular weight is 401 g/mol. The maximum Gasteiger partial charge on any atom is 0.321 e. The molecule has 9 heteroatoms. The largest absolute Gasteiger partial charge is 0.424 e. The van der Waals surface area contributed by atoms with Crippen LogP contribution in [0.3, 0.4) is 0 Å². The van der Waals surface area contributed by atoms with Crippen LogP contribution in [-0.2, 0) is 16.4 Å². The smallest absolute Gasteiger partial charge is 0.321 e. The molecule has 0 aliphatic carbocycles. The molecule has 3 aromatic rings. The van der Waals surface area contributed by atoms with Gasteiger partial charge in [-0.05, 0) is 48.0 Å². The lowest BCUT2D eigenvalue weighted by Crippen LogP contribution is -2.23. The summed E-state index contributed by atoms with van der Waals surface area (Å²) < 4.78 is 42.4. The van der Waals surface area contributed by atoms with Gasteiger partial charge in [0.1, 0.15) is 11.6 Å². The summed E-state index contributed by atoms with van der Waals surface area (Å²) in [6.45, 7) is -0.0579. The summed E-state index contributed by atoms with van der Waals surface area (Å²) in [5, 5.41) is 2.63. The average Bonchev–Trinajstić information content (AvgIpc) is 2.67. The van der Waals surface area contributed by atoms with E-state index in [1.165, 1.54) is 6.07 Å². The van der Waals surface area contributed by atoms with Gasteiger partial charge < -0.3 is 10.1 Å². The van der Waals surface area contributed by atoms with Gasteiger partial charge in [0.2, 0.25) is 0 Å². The van der Waals surface area contributed by atoms with Crippen LogP contribution in [0.4, 0.5) is 4.39 Å². The molecular weight excluding hydrogens is 385 g/mol. The lowest BCUT2D eigenvalue weighted by atomic mass is 10.2. The molecule has 7 nitrogen and oxygen atoms in total. The summed E-state index contributed by atoms with van der Waals surface area (Å²) in [6, 6.07) is 11.5. The standard InChI is InChI=1S/C19H16FN3O4S/c1-28(25,26)17-11-15(20)6-3-14(17)12-23-18(24)13-4-7-16(8-5-13)27-19-21-9-2-10-22-19/h2-11H,12H2,1H3,(H,23,24). The summed E-state index contributed by atoms with van der Waals surface area (Å²) in [5.41, 5.74) is 0.655. The van der Waals surface area contributed by atoms with Gasteiger partial charge in [0.05, 0.1) is 4.90 Å². The zero-order chi connectivity index (χ0) is 20.1. The van der Waals surface area contributed by atoms with Crippen molar-refractivity contribution in [3.63, 3.8) is 0 Å². The van der Waals surface area contributed by atoms with E-state index in [0.29, 0.717) is 16.9 Å². The second-order valence-corrected chi connectivity index (χ2v) is 7.85. The Kier molecular flexibility index (Phi) is 5.65. The fourth-order valence-electron chi connectivity index (χ4n) is 2.42. The number of aromatic nitrogens is 2. The fourth-order valence-corrected chi connectivity index (χ4v) is 3.36. The summed E-state index contributed by atoms with van der Waals surface area (Å²) in [6.07, 6.45) is 4.08. The van der Waals surface area contributed by atoms with E-state index in [4.69, 9.17) is 4.74 Å². The highest BCUT2D eigenvalue weighted by Gasteiger charge is 2.15. The van der Waals surface area contributed by atoms with Gasteiger partial charge >= 0.3 is 6.01 Å². The molecule has 1 N–H and O–H groups in total. The molecule has 0 saturated carbocycles. The van der Waals surface area contributed by atoms with Crippen molar-refractivity contribution in [2.75, 3.05) is 6.26 Å². The molecule has 0 spiro atoms. The minimum absolute atomic E-state index is 0.0579. The third-order valence-corrected chi connectivity index (χ3v) is 4.91. The summed E-state index contributed by atoms with van der Waals surface area (Å²) in [5.74, 6) is -0.611. The van der Waals surface area contributed by atoms with Gasteiger partial charge in [-0.1, -0.05) is 6.07 Å². The Morgan fingerprint density at radius 3 is 2.43 bits per heavy atom. The van der Waals surface area contributed by atoms with E-state index in [0.717, 1.165) is 18.4 Å². The number of nitrogens with one attached hydrogen (secondary N) is 1. The highest BCUT2D eigenvalue weighted by Crippen LogP contribution is 2.19. The van der Waals surface area contributed by atoms with E-state index in [1.807, 2.05) is 0 Å². The first-order chi connectivity index (χ1) is 13.3. The van der Waals surface area contributed by atoms with Gasteiger partial charge in [-0.15, -0.1) is 0 Å². The SMILES string of the molecule is CS(=O)(=O)c1cc(F)ccc1CNC(=O)c1ccc(Oc2ncccn2)cc1. The Balaban J connectivity index is 1.67. The van der Waals surface area contributed by atoms with Crippen molar-refractivity contribution in [3.05, 3.63) is 77.9 Å². The highest BCUT2D eigenvalue weighted by molar-refractivity contribution is 7.90. The minimum atomic E-state index is -3.62. The molecule has 0 saturated heterocycles. The maximum atomic E-state index is 13.4. The number of amides is 1. The number of nitrogens with zero attached hydrogens (tertiary/aromatic N) is 2. The van der Waals surface area contributed by atoms with E-state index >= 15 is 0 Å². The molecule has 28 heavy (non-hydrogen) atoms. The van der Waals surface area contributed by atoms with Crippen LogP contribution in [0.25, 0.3) is 0 Å². The van der Waals surface area contributed by atoms with Crippen molar-refractivity contribution in [3.8, 4) is 11.8 Å². The minimum Gasteiger partial charge on any atom is -0.424 e. The number of carbonyl (C=O) groups is 1. The third kappa shape index (κ3) is 4.89. The quantitative estimate of drug-likeness (QED) is 0.682. The Hall–Kier alpha value is -3.33. The molecule has 1 amide bonds. The normalized spacial score (nSPS) is 11.1. The van der Waals surface area contributed by atoms with Crippen LogP contribution in [-0.4, -0.2) is 30.5 Å². The third-order valence-electron chi connectivity index (χ3n) is 3.74. The van der Waals surface area contributed by atoms with Gasteiger partial charge in [0, 0.05) is 30.8 Å². The van der Waals surface area contributed by atoms with Gasteiger partial charge in [-0.2, -0.15) is 0 Å². The van der Waals surface area contributed by atoms with Crippen molar-refractivity contribution in [2.45, 2.75) is 11.4 Å². The Morgan fingerprint density at radius 2 is 1.79 bits per heavy atom. The van der Waals surface area contributed by atoms with Gasteiger partial charge in [0.25, 0.3) is 5.91 Å². The molecule has 3 rings (SSSR count). The van der Waals surface area contributed by atoms with Crippen LogP contribution >= 0.6 is 0 Å². The van der Waals surface area contributed by atoms with Crippen molar-refractivity contribution in [1.82, 2.24) is 15.3 Å². The number of ether oxygens (including phenoxy) is 1. The van der Waals surface area contributed by atoms with E-state index < -0.39 is 21.6 Å². The van der Waals surface area contributed by atoms with Gasteiger partial charge in [0.15, 0.2) is 9.84 Å². The molecule has 0 aliphatic heterocycles. The number of halogens is 1. The maximum absolute atomic E-state index is 13.4. The van der Waals surface area contributed by atoms with Crippen LogP contribution in [0.1, 0.15) is 15.9 Å². The summed E-state index contributed by atoms with van der Waals surface area (Å²) >= 11 is 0. The van der Waals surface area contributed by atoms with Crippen molar-refractivity contribution < 1.29 is 22.3 Å². The molecule has 0 fully saturated rings.